The summed E-state index contributed by atoms with van der Waals surface area (Å²) in [6, 6.07) is 28.9. The van der Waals surface area contributed by atoms with Gasteiger partial charge in [0.05, 0.1) is 4.91 Å². The molecule has 0 unspecified atom stereocenters. The lowest BCUT2D eigenvalue weighted by molar-refractivity contribution is -0.127. The average Bonchev–Trinajstić information content (AvgIpc) is 3.16. The predicted octanol–water partition coefficient (Wildman–Crippen LogP) is 6.70. The molecule has 1 saturated heterocycles. The van der Waals surface area contributed by atoms with Crippen LogP contribution in [0, 0.1) is 3.57 Å². The minimum atomic E-state index is -0.503. The Morgan fingerprint density at radius 2 is 1.65 bits per heavy atom. The number of anilines is 1. The van der Waals surface area contributed by atoms with Gasteiger partial charge in [0, 0.05) is 14.8 Å². The summed E-state index contributed by atoms with van der Waals surface area (Å²) in [6.07, 6.45) is 1.64. The first kappa shape index (κ1) is 25.0. The molecule has 0 aromatic heterocycles. The number of benzene rings is 4. The van der Waals surface area contributed by atoms with Gasteiger partial charge in [-0.05, 0) is 93.2 Å². The molecule has 1 fully saturated rings. The Morgan fingerprint density at radius 1 is 0.919 bits per heavy atom. The number of thioether (sulfide) groups is 1. The van der Waals surface area contributed by atoms with E-state index in [-0.39, 0.29) is 11.4 Å². The number of ether oxygens (including phenoxy) is 1. The van der Waals surface area contributed by atoms with Crippen molar-refractivity contribution < 1.29 is 19.1 Å². The number of amides is 3. The van der Waals surface area contributed by atoms with E-state index in [9.17, 15) is 14.4 Å². The van der Waals surface area contributed by atoms with Crippen LogP contribution in [0.15, 0.2) is 95.9 Å². The summed E-state index contributed by atoms with van der Waals surface area (Å²) in [5.41, 5.74) is 2.30. The number of nitrogens with zero attached hydrogens (tertiary/aromatic N) is 1. The van der Waals surface area contributed by atoms with Crippen LogP contribution in [0.4, 0.5) is 10.5 Å². The Labute approximate surface area is 231 Å². The number of hydrogen-bond donors (Lipinski definition) is 1. The fourth-order valence-corrected chi connectivity index (χ4v) is 5.06. The zero-order chi connectivity index (χ0) is 25.8. The number of fused-ring (bicyclic) bond motifs is 1. The van der Waals surface area contributed by atoms with E-state index in [1.54, 1.807) is 18.2 Å². The second-order valence-corrected chi connectivity index (χ2v) is 10.6. The van der Waals surface area contributed by atoms with E-state index >= 15 is 0 Å². The predicted molar refractivity (Wildman–Crippen MR) is 155 cm³/mol. The average molecular weight is 620 g/mol. The normalized spacial score (nSPS) is 14.4. The van der Waals surface area contributed by atoms with Crippen molar-refractivity contribution in [3.8, 4) is 5.75 Å². The highest BCUT2D eigenvalue weighted by atomic mass is 127. The van der Waals surface area contributed by atoms with Gasteiger partial charge >= 0.3 is 0 Å². The Balaban J connectivity index is 1.27. The lowest BCUT2D eigenvalue weighted by atomic mass is 10.1. The molecule has 1 N–H and O–H groups in total. The number of rotatable bonds is 7. The molecule has 1 aliphatic heterocycles. The maximum Gasteiger partial charge on any atom is 0.294 e. The first-order valence-corrected chi connectivity index (χ1v) is 13.4. The van der Waals surface area contributed by atoms with Crippen LogP contribution < -0.4 is 10.1 Å². The molecule has 4 aromatic carbocycles. The van der Waals surface area contributed by atoms with Crippen LogP contribution in [-0.4, -0.2) is 28.5 Å². The number of nitrogens with one attached hydrogen (secondary N) is 1. The Kier molecular flexibility index (Phi) is 7.57. The van der Waals surface area contributed by atoms with Gasteiger partial charge in [-0.25, -0.2) is 0 Å². The van der Waals surface area contributed by atoms with Crippen LogP contribution in [0.25, 0.3) is 16.8 Å². The Bertz CT molecular complexity index is 1530. The number of imide groups is 1. The number of carbonyl (C=O) groups excluding carboxylic acids is 3. The molecule has 4 aromatic rings. The summed E-state index contributed by atoms with van der Waals surface area (Å²) >= 11 is 2.99. The van der Waals surface area contributed by atoms with Crippen molar-refractivity contribution in [1.29, 1.82) is 0 Å². The molecule has 6 nitrogen and oxygen atoms in total. The third-order valence-electron chi connectivity index (χ3n) is 5.72. The van der Waals surface area contributed by atoms with E-state index in [1.807, 2.05) is 54.6 Å². The van der Waals surface area contributed by atoms with Crippen molar-refractivity contribution in [1.82, 2.24) is 4.90 Å². The monoisotopic (exact) mass is 620 g/mol. The summed E-state index contributed by atoms with van der Waals surface area (Å²) in [6.45, 7) is 0.00395. The summed E-state index contributed by atoms with van der Waals surface area (Å²) in [7, 11) is 0. The van der Waals surface area contributed by atoms with E-state index < -0.39 is 17.1 Å². The Morgan fingerprint density at radius 3 is 2.46 bits per heavy atom. The van der Waals surface area contributed by atoms with Gasteiger partial charge in [0.15, 0.2) is 0 Å². The van der Waals surface area contributed by atoms with Crippen LogP contribution >= 0.6 is 34.4 Å². The summed E-state index contributed by atoms with van der Waals surface area (Å²) in [5.74, 6) is -0.347. The lowest BCUT2D eigenvalue weighted by Crippen LogP contribution is -2.36. The smallest absolute Gasteiger partial charge is 0.294 e. The standard InChI is InChI=1S/C29H21IN2O4S/c30-23-11-13-24(14-12-23)31-27(33)17-32-28(34)26(37-29(32)35)16-22-7-3-4-8-25(22)36-18-19-9-10-20-5-1-2-6-21(20)15-19/h1-16H,17-18H2,(H,31,33)/b26-16-. The number of para-hydroxylation sites is 1. The van der Waals surface area contributed by atoms with E-state index in [0.717, 1.165) is 36.6 Å². The first-order valence-electron chi connectivity index (χ1n) is 11.5. The molecular weight excluding hydrogens is 599 g/mol. The van der Waals surface area contributed by atoms with Crippen molar-refractivity contribution in [2.24, 2.45) is 0 Å². The van der Waals surface area contributed by atoms with Gasteiger partial charge in [0.2, 0.25) is 5.91 Å². The molecule has 1 aliphatic rings. The zero-order valence-corrected chi connectivity index (χ0v) is 22.5. The van der Waals surface area contributed by atoms with E-state index in [2.05, 4.69) is 52.2 Å². The van der Waals surface area contributed by atoms with Crippen molar-refractivity contribution in [3.05, 3.63) is 111 Å². The minimum absolute atomic E-state index is 0.244. The van der Waals surface area contributed by atoms with Gasteiger partial charge < -0.3 is 10.1 Å². The van der Waals surface area contributed by atoms with Crippen molar-refractivity contribution >= 4 is 73.9 Å². The van der Waals surface area contributed by atoms with Gasteiger partial charge in [-0.1, -0.05) is 54.6 Å². The molecule has 0 spiro atoms. The molecule has 8 heteroatoms. The van der Waals surface area contributed by atoms with Crippen LogP contribution in [0.3, 0.4) is 0 Å². The maximum atomic E-state index is 13.0. The highest BCUT2D eigenvalue weighted by Gasteiger charge is 2.36. The highest BCUT2D eigenvalue weighted by molar-refractivity contribution is 14.1. The largest absolute Gasteiger partial charge is 0.488 e. The third kappa shape index (κ3) is 6.03. The van der Waals surface area contributed by atoms with Gasteiger partial charge in [-0.15, -0.1) is 0 Å². The molecule has 0 atom stereocenters. The first-order chi connectivity index (χ1) is 18.0. The number of halogens is 1. The van der Waals surface area contributed by atoms with Crippen LogP contribution in [-0.2, 0) is 16.2 Å². The second kappa shape index (κ2) is 11.2. The van der Waals surface area contributed by atoms with Crippen molar-refractivity contribution in [2.75, 3.05) is 11.9 Å². The minimum Gasteiger partial charge on any atom is -0.488 e. The molecular formula is C29H21IN2O4S. The molecule has 5 rings (SSSR count). The Hall–Kier alpha value is -3.63. The number of carbonyl (C=O) groups is 3. The molecule has 0 bridgehead atoms. The summed E-state index contributed by atoms with van der Waals surface area (Å²) < 4.78 is 7.12. The quantitative estimate of drug-likeness (QED) is 0.184. The highest BCUT2D eigenvalue weighted by Crippen LogP contribution is 2.34. The third-order valence-corrected chi connectivity index (χ3v) is 7.34. The fraction of sp³-hybridized carbons (Fsp3) is 0.0690. The molecule has 37 heavy (non-hydrogen) atoms. The fourth-order valence-electron chi connectivity index (χ4n) is 3.88. The van der Waals surface area contributed by atoms with Gasteiger partial charge in [-0.2, -0.15) is 0 Å². The molecule has 0 saturated carbocycles. The van der Waals surface area contributed by atoms with Gasteiger partial charge in [0.1, 0.15) is 18.9 Å². The van der Waals surface area contributed by atoms with Crippen LogP contribution in [0.2, 0.25) is 0 Å². The van der Waals surface area contributed by atoms with Crippen LogP contribution in [0.1, 0.15) is 11.1 Å². The summed E-state index contributed by atoms with van der Waals surface area (Å²) in [5, 5.41) is 4.53. The topological polar surface area (TPSA) is 75.7 Å². The van der Waals surface area contributed by atoms with Crippen LogP contribution in [0.5, 0.6) is 5.75 Å². The number of hydrogen-bond acceptors (Lipinski definition) is 5. The SMILES string of the molecule is O=C(CN1C(=O)S/C(=C\c2ccccc2OCc2ccc3ccccc3c2)C1=O)Nc1ccc(I)cc1. The molecule has 3 amide bonds. The molecule has 0 radical (unpaired) electrons. The van der Waals surface area contributed by atoms with E-state index in [1.165, 1.54) is 0 Å². The second-order valence-electron chi connectivity index (χ2n) is 8.33. The maximum absolute atomic E-state index is 13.0. The van der Waals surface area contributed by atoms with Crippen molar-refractivity contribution in [2.45, 2.75) is 6.61 Å². The summed E-state index contributed by atoms with van der Waals surface area (Å²) in [4.78, 5) is 39.2. The molecule has 184 valence electrons. The van der Waals surface area contributed by atoms with Gasteiger partial charge in [0.25, 0.3) is 11.1 Å². The zero-order valence-electron chi connectivity index (χ0n) is 19.5. The van der Waals surface area contributed by atoms with Crippen molar-refractivity contribution in [3.63, 3.8) is 0 Å². The lowest BCUT2D eigenvalue weighted by Gasteiger charge is -2.12. The molecule has 1 heterocycles. The van der Waals surface area contributed by atoms with E-state index in [0.29, 0.717) is 23.6 Å². The van der Waals surface area contributed by atoms with E-state index in [4.69, 9.17) is 4.74 Å². The molecule has 0 aliphatic carbocycles. The van der Waals surface area contributed by atoms with Gasteiger partial charge in [-0.3, -0.25) is 19.3 Å².